The molecule has 0 unspecified atom stereocenters. The van der Waals surface area contributed by atoms with Crippen LogP contribution in [0, 0.1) is 0 Å². The van der Waals surface area contributed by atoms with Gasteiger partial charge >= 0.3 is 0 Å². The van der Waals surface area contributed by atoms with E-state index in [0.29, 0.717) is 16.6 Å². The van der Waals surface area contributed by atoms with Crippen LogP contribution in [0.1, 0.15) is 23.2 Å². The van der Waals surface area contributed by atoms with Crippen molar-refractivity contribution in [2.75, 3.05) is 20.1 Å². The smallest absolute Gasteiger partial charge is 0.253 e. The molecule has 18 heavy (non-hydrogen) atoms. The molecule has 0 aromatic heterocycles. The fraction of sp³-hybridized carbons (Fsp3) is 0.462. The van der Waals surface area contributed by atoms with Gasteiger partial charge in [0.2, 0.25) is 0 Å². The zero-order valence-electron chi connectivity index (χ0n) is 10.4. The van der Waals surface area contributed by atoms with Crippen molar-refractivity contribution in [2.24, 2.45) is 0 Å². The second-order valence-corrected chi connectivity index (χ2v) is 4.80. The van der Waals surface area contributed by atoms with Crippen LogP contribution < -0.4 is 5.32 Å². The van der Waals surface area contributed by atoms with Gasteiger partial charge in [0.05, 0.1) is 0 Å². The minimum Gasteiger partial charge on any atom is -0.339 e. The van der Waals surface area contributed by atoms with E-state index >= 15 is 0 Å². The molecule has 1 N–H and O–H groups in total. The number of piperidine rings is 1. The van der Waals surface area contributed by atoms with Crippen molar-refractivity contribution in [1.29, 1.82) is 0 Å². The molecular weight excluding hydrogens is 271 g/mol. The van der Waals surface area contributed by atoms with Crippen LogP contribution in [0.2, 0.25) is 5.02 Å². The number of carbonyl (C=O) groups is 1. The van der Waals surface area contributed by atoms with Crippen molar-refractivity contribution in [1.82, 2.24) is 10.2 Å². The highest BCUT2D eigenvalue weighted by Crippen LogP contribution is 2.16. The largest absolute Gasteiger partial charge is 0.339 e. The predicted molar refractivity (Wildman–Crippen MR) is 76.7 cm³/mol. The summed E-state index contributed by atoms with van der Waals surface area (Å²) in [7, 11) is 1.97. The number of hydrogen-bond donors (Lipinski definition) is 1. The maximum atomic E-state index is 12.2. The highest BCUT2D eigenvalue weighted by Gasteiger charge is 2.22. The molecule has 1 aliphatic rings. The first-order valence-corrected chi connectivity index (χ1v) is 6.30. The molecule has 0 aliphatic carbocycles. The van der Waals surface area contributed by atoms with E-state index in [0.717, 1.165) is 25.9 Å². The summed E-state index contributed by atoms with van der Waals surface area (Å²) in [5.74, 6) is 0.0852. The molecule has 2 rings (SSSR count). The van der Waals surface area contributed by atoms with Gasteiger partial charge in [-0.3, -0.25) is 4.79 Å². The second-order valence-electron chi connectivity index (χ2n) is 4.37. The van der Waals surface area contributed by atoms with Crippen molar-refractivity contribution in [2.45, 2.75) is 18.9 Å². The van der Waals surface area contributed by atoms with E-state index in [1.165, 1.54) is 0 Å². The molecule has 0 radical (unpaired) electrons. The minimum atomic E-state index is 0. The van der Waals surface area contributed by atoms with Gasteiger partial charge in [-0.05, 0) is 38.1 Å². The van der Waals surface area contributed by atoms with E-state index in [-0.39, 0.29) is 18.3 Å². The van der Waals surface area contributed by atoms with Gasteiger partial charge in [0.25, 0.3) is 5.91 Å². The number of benzene rings is 1. The molecule has 1 fully saturated rings. The SMILES string of the molecule is CNC1CCN(C(=O)c2cccc(Cl)c2)CC1.Cl. The maximum absolute atomic E-state index is 12.2. The van der Waals surface area contributed by atoms with Crippen LogP contribution in [-0.4, -0.2) is 37.0 Å². The predicted octanol–water partition coefficient (Wildman–Crippen LogP) is 2.59. The molecule has 1 heterocycles. The third-order valence-corrected chi connectivity index (χ3v) is 3.50. The van der Waals surface area contributed by atoms with Crippen LogP contribution in [0.15, 0.2) is 24.3 Å². The van der Waals surface area contributed by atoms with Gasteiger partial charge in [0.1, 0.15) is 0 Å². The number of nitrogens with one attached hydrogen (secondary N) is 1. The lowest BCUT2D eigenvalue weighted by atomic mass is 10.0. The number of amides is 1. The van der Waals surface area contributed by atoms with E-state index in [2.05, 4.69) is 5.32 Å². The normalized spacial score (nSPS) is 16.2. The third kappa shape index (κ3) is 3.61. The Labute approximate surface area is 119 Å². The van der Waals surface area contributed by atoms with Crippen molar-refractivity contribution in [3.05, 3.63) is 34.9 Å². The summed E-state index contributed by atoms with van der Waals surface area (Å²) in [6.45, 7) is 1.63. The van der Waals surface area contributed by atoms with Gasteiger partial charge in [-0.15, -0.1) is 12.4 Å². The van der Waals surface area contributed by atoms with Crippen LogP contribution in [0.4, 0.5) is 0 Å². The van der Waals surface area contributed by atoms with Gasteiger partial charge in [-0.1, -0.05) is 17.7 Å². The lowest BCUT2D eigenvalue weighted by Gasteiger charge is -2.31. The molecule has 1 aromatic carbocycles. The molecule has 1 aromatic rings. The Kier molecular flexibility index (Phi) is 5.93. The first kappa shape index (κ1) is 15.3. The molecule has 0 bridgehead atoms. The quantitative estimate of drug-likeness (QED) is 0.907. The Morgan fingerprint density at radius 2 is 2.06 bits per heavy atom. The molecular formula is C13H18Cl2N2O. The standard InChI is InChI=1S/C13H17ClN2O.ClH/c1-15-12-5-7-16(8-6-12)13(17)10-3-2-4-11(14)9-10;/h2-4,9,12,15H,5-8H2,1H3;1H. The highest BCUT2D eigenvalue weighted by atomic mass is 35.5. The van der Waals surface area contributed by atoms with Crippen LogP contribution in [0.5, 0.6) is 0 Å². The summed E-state index contributed by atoms with van der Waals surface area (Å²) >= 11 is 5.89. The van der Waals surface area contributed by atoms with Gasteiger partial charge in [0, 0.05) is 29.7 Å². The van der Waals surface area contributed by atoms with Crippen molar-refractivity contribution in [3.63, 3.8) is 0 Å². The van der Waals surface area contributed by atoms with E-state index in [9.17, 15) is 4.79 Å². The maximum Gasteiger partial charge on any atom is 0.253 e. The molecule has 100 valence electrons. The summed E-state index contributed by atoms with van der Waals surface area (Å²) in [4.78, 5) is 14.1. The zero-order chi connectivity index (χ0) is 12.3. The summed E-state index contributed by atoms with van der Waals surface area (Å²) in [6.07, 6.45) is 2.03. The number of likely N-dealkylation sites (tertiary alicyclic amines) is 1. The monoisotopic (exact) mass is 288 g/mol. The topological polar surface area (TPSA) is 32.3 Å². The Bertz CT molecular complexity index is 404. The summed E-state index contributed by atoms with van der Waals surface area (Å²) in [5, 5.41) is 3.87. The summed E-state index contributed by atoms with van der Waals surface area (Å²) < 4.78 is 0. The Morgan fingerprint density at radius 1 is 1.39 bits per heavy atom. The molecule has 1 aliphatic heterocycles. The average Bonchev–Trinajstić information content (AvgIpc) is 2.38. The third-order valence-electron chi connectivity index (χ3n) is 3.26. The summed E-state index contributed by atoms with van der Waals surface area (Å²) in [5.41, 5.74) is 0.681. The fourth-order valence-corrected chi connectivity index (χ4v) is 2.37. The molecule has 3 nitrogen and oxygen atoms in total. The van der Waals surface area contributed by atoms with Crippen LogP contribution >= 0.6 is 24.0 Å². The Balaban J connectivity index is 0.00000162. The van der Waals surface area contributed by atoms with E-state index < -0.39 is 0 Å². The molecule has 5 heteroatoms. The highest BCUT2D eigenvalue weighted by molar-refractivity contribution is 6.30. The molecule has 0 atom stereocenters. The van der Waals surface area contributed by atoms with Gasteiger partial charge in [0.15, 0.2) is 0 Å². The molecule has 0 spiro atoms. The fourth-order valence-electron chi connectivity index (χ4n) is 2.18. The summed E-state index contributed by atoms with van der Waals surface area (Å²) in [6, 6.07) is 7.69. The second kappa shape index (κ2) is 6.98. The van der Waals surface area contributed by atoms with Crippen molar-refractivity contribution >= 4 is 29.9 Å². The van der Waals surface area contributed by atoms with Crippen LogP contribution in [-0.2, 0) is 0 Å². The van der Waals surface area contributed by atoms with Gasteiger partial charge in [-0.2, -0.15) is 0 Å². The number of nitrogens with zero attached hydrogens (tertiary/aromatic N) is 1. The Morgan fingerprint density at radius 3 is 2.61 bits per heavy atom. The molecule has 1 saturated heterocycles. The first-order valence-electron chi connectivity index (χ1n) is 5.93. The zero-order valence-corrected chi connectivity index (χ0v) is 11.9. The van der Waals surface area contributed by atoms with Crippen LogP contribution in [0.25, 0.3) is 0 Å². The van der Waals surface area contributed by atoms with Crippen LogP contribution in [0.3, 0.4) is 0 Å². The Hall–Kier alpha value is -0.770. The lowest BCUT2D eigenvalue weighted by molar-refractivity contribution is 0.0707. The minimum absolute atomic E-state index is 0. The van der Waals surface area contributed by atoms with Crippen molar-refractivity contribution < 1.29 is 4.79 Å². The lowest BCUT2D eigenvalue weighted by Crippen LogP contribution is -2.43. The number of halogens is 2. The molecule has 1 amide bonds. The average molecular weight is 289 g/mol. The number of carbonyl (C=O) groups excluding carboxylic acids is 1. The van der Waals surface area contributed by atoms with Gasteiger partial charge < -0.3 is 10.2 Å². The first-order chi connectivity index (χ1) is 8.20. The number of rotatable bonds is 2. The number of hydrogen-bond acceptors (Lipinski definition) is 2. The van der Waals surface area contributed by atoms with E-state index in [1.54, 1.807) is 12.1 Å². The van der Waals surface area contributed by atoms with Crippen molar-refractivity contribution in [3.8, 4) is 0 Å². The van der Waals surface area contributed by atoms with E-state index in [1.807, 2.05) is 24.1 Å². The van der Waals surface area contributed by atoms with Gasteiger partial charge in [-0.25, -0.2) is 0 Å². The molecule has 0 saturated carbocycles. The van der Waals surface area contributed by atoms with E-state index in [4.69, 9.17) is 11.6 Å².